The first kappa shape index (κ1) is 16.7. The van der Waals surface area contributed by atoms with Gasteiger partial charge in [-0.05, 0) is 61.1 Å². The number of anilines is 1. The molecule has 6 atom stereocenters. The SMILES string of the molecule is Cc1cccc(NC(=O)CCN2C(=O)[C@@H]3[C@H]4C=C[C@@H]([C@@H]5C[C@H]45)[C@@H]3C2=O)c1C. The first-order valence-corrected chi connectivity index (χ1v) is 9.87. The van der Waals surface area contributed by atoms with Crippen LogP contribution in [0, 0.1) is 49.4 Å². The molecule has 2 saturated carbocycles. The number of aryl methyl sites for hydroxylation is 1. The van der Waals surface area contributed by atoms with Gasteiger partial charge in [-0.25, -0.2) is 0 Å². The lowest BCUT2D eigenvalue weighted by Gasteiger charge is -2.37. The summed E-state index contributed by atoms with van der Waals surface area (Å²) in [6.45, 7) is 4.15. The van der Waals surface area contributed by atoms with Gasteiger partial charge < -0.3 is 5.32 Å². The summed E-state index contributed by atoms with van der Waals surface area (Å²) >= 11 is 0. The summed E-state index contributed by atoms with van der Waals surface area (Å²) in [5.41, 5.74) is 2.94. The zero-order valence-corrected chi connectivity index (χ0v) is 15.6. The number of nitrogens with one attached hydrogen (secondary N) is 1. The highest BCUT2D eigenvalue weighted by atomic mass is 16.2. The van der Waals surface area contributed by atoms with Crippen LogP contribution in [-0.4, -0.2) is 29.2 Å². The lowest BCUT2D eigenvalue weighted by molar-refractivity contribution is -0.140. The Hall–Kier alpha value is -2.43. The van der Waals surface area contributed by atoms with E-state index in [1.807, 2.05) is 32.0 Å². The maximum atomic E-state index is 12.9. The number of amides is 3. The summed E-state index contributed by atoms with van der Waals surface area (Å²) in [7, 11) is 0. The van der Waals surface area contributed by atoms with Gasteiger partial charge in [-0.3, -0.25) is 19.3 Å². The topological polar surface area (TPSA) is 66.5 Å². The Balaban J connectivity index is 1.26. The zero-order chi connectivity index (χ0) is 18.9. The van der Waals surface area contributed by atoms with Crippen molar-refractivity contribution in [3.63, 3.8) is 0 Å². The van der Waals surface area contributed by atoms with Crippen LogP contribution in [0.3, 0.4) is 0 Å². The van der Waals surface area contributed by atoms with Crippen molar-refractivity contribution < 1.29 is 14.4 Å². The van der Waals surface area contributed by atoms with E-state index in [1.54, 1.807) is 0 Å². The van der Waals surface area contributed by atoms with Crippen LogP contribution in [0.25, 0.3) is 0 Å². The Labute approximate surface area is 158 Å². The van der Waals surface area contributed by atoms with Gasteiger partial charge in [0.25, 0.3) is 0 Å². The number of benzene rings is 1. The Morgan fingerprint density at radius 2 is 1.70 bits per heavy atom. The van der Waals surface area contributed by atoms with Gasteiger partial charge in [0.05, 0.1) is 11.8 Å². The van der Waals surface area contributed by atoms with Crippen LogP contribution < -0.4 is 5.32 Å². The molecule has 0 aromatic heterocycles. The number of carbonyl (C=O) groups is 3. The predicted octanol–water partition coefficient (Wildman–Crippen LogP) is 2.69. The lowest BCUT2D eigenvalue weighted by atomic mass is 9.63. The van der Waals surface area contributed by atoms with Gasteiger partial charge in [-0.1, -0.05) is 24.3 Å². The quantitative estimate of drug-likeness (QED) is 0.660. The molecule has 2 bridgehead atoms. The zero-order valence-electron chi connectivity index (χ0n) is 15.6. The van der Waals surface area contributed by atoms with E-state index in [4.69, 9.17) is 0 Å². The Morgan fingerprint density at radius 1 is 1.07 bits per heavy atom. The molecule has 27 heavy (non-hydrogen) atoms. The summed E-state index contributed by atoms with van der Waals surface area (Å²) in [5.74, 6) is 1.02. The fourth-order valence-electron chi connectivity index (χ4n) is 5.55. The number of hydrogen-bond acceptors (Lipinski definition) is 3. The molecule has 0 radical (unpaired) electrons. The van der Waals surface area contributed by atoms with Crippen molar-refractivity contribution in [3.8, 4) is 0 Å². The van der Waals surface area contributed by atoms with Gasteiger partial charge in [0.15, 0.2) is 0 Å². The molecule has 6 rings (SSSR count). The minimum absolute atomic E-state index is 0.0609. The Kier molecular flexibility index (Phi) is 3.58. The summed E-state index contributed by atoms with van der Waals surface area (Å²) < 4.78 is 0. The summed E-state index contributed by atoms with van der Waals surface area (Å²) in [4.78, 5) is 39.6. The van der Waals surface area contributed by atoms with Gasteiger partial charge in [0.2, 0.25) is 17.7 Å². The summed E-state index contributed by atoms with van der Waals surface area (Å²) in [5, 5.41) is 2.91. The van der Waals surface area contributed by atoms with Gasteiger partial charge in [-0.2, -0.15) is 0 Å². The lowest BCUT2D eigenvalue weighted by Crippen LogP contribution is -2.40. The first-order chi connectivity index (χ1) is 13.0. The normalized spacial score (nSPS) is 35.3. The molecule has 3 amide bonds. The number of carbonyl (C=O) groups excluding carboxylic acids is 3. The Bertz CT molecular complexity index is 854. The molecule has 3 fully saturated rings. The van der Waals surface area contributed by atoms with E-state index in [0.29, 0.717) is 11.8 Å². The van der Waals surface area contributed by atoms with Crippen LogP contribution in [0.1, 0.15) is 24.0 Å². The highest BCUT2D eigenvalue weighted by molar-refractivity contribution is 6.06. The molecule has 1 saturated heterocycles. The largest absolute Gasteiger partial charge is 0.326 e. The van der Waals surface area contributed by atoms with E-state index in [-0.39, 0.29) is 54.4 Å². The summed E-state index contributed by atoms with van der Waals surface area (Å²) in [6, 6.07) is 5.78. The second-order valence-corrected chi connectivity index (χ2v) is 8.53. The van der Waals surface area contributed by atoms with E-state index >= 15 is 0 Å². The van der Waals surface area contributed by atoms with Crippen molar-refractivity contribution in [2.24, 2.45) is 35.5 Å². The number of nitrogens with zero attached hydrogens (tertiary/aromatic N) is 1. The molecule has 140 valence electrons. The van der Waals surface area contributed by atoms with Crippen LogP contribution in [0.2, 0.25) is 0 Å². The highest BCUT2D eigenvalue weighted by Gasteiger charge is 2.66. The van der Waals surface area contributed by atoms with Crippen LogP contribution in [0.4, 0.5) is 5.69 Å². The molecule has 1 heterocycles. The third-order valence-corrected chi connectivity index (χ3v) is 7.20. The minimum atomic E-state index is -0.182. The van der Waals surface area contributed by atoms with Crippen LogP contribution in [-0.2, 0) is 14.4 Å². The number of imide groups is 1. The number of rotatable bonds is 4. The maximum absolute atomic E-state index is 12.9. The second-order valence-electron chi connectivity index (χ2n) is 8.53. The van der Waals surface area contributed by atoms with Gasteiger partial charge in [-0.15, -0.1) is 0 Å². The van der Waals surface area contributed by atoms with Crippen LogP contribution >= 0.6 is 0 Å². The van der Waals surface area contributed by atoms with Crippen LogP contribution in [0.15, 0.2) is 30.4 Å². The molecule has 4 aliphatic carbocycles. The van der Waals surface area contributed by atoms with Crippen molar-refractivity contribution in [1.29, 1.82) is 0 Å². The van der Waals surface area contributed by atoms with Crippen molar-refractivity contribution in [3.05, 3.63) is 41.5 Å². The van der Waals surface area contributed by atoms with E-state index in [0.717, 1.165) is 23.2 Å². The minimum Gasteiger partial charge on any atom is -0.326 e. The molecular formula is C22H24N2O3. The average molecular weight is 364 g/mol. The molecule has 1 aliphatic heterocycles. The molecule has 1 aromatic carbocycles. The number of allylic oxidation sites excluding steroid dienone is 2. The molecule has 5 nitrogen and oxygen atoms in total. The number of hydrogen-bond donors (Lipinski definition) is 1. The van der Waals surface area contributed by atoms with Gasteiger partial charge in [0.1, 0.15) is 0 Å². The molecule has 5 heteroatoms. The molecular weight excluding hydrogens is 340 g/mol. The number of likely N-dealkylation sites (tertiary alicyclic amines) is 1. The molecule has 1 N–H and O–H groups in total. The molecule has 0 unspecified atom stereocenters. The fourth-order valence-corrected chi connectivity index (χ4v) is 5.55. The van der Waals surface area contributed by atoms with Crippen molar-refractivity contribution in [2.75, 3.05) is 11.9 Å². The molecule has 1 aromatic rings. The maximum Gasteiger partial charge on any atom is 0.233 e. The van der Waals surface area contributed by atoms with E-state index < -0.39 is 0 Å². The third-order valence-electron chi connectivity index (χ3n) is 7.20. The first-order valence-electron chi connectivity index (χ1n) is 9.87. The summed E-state index contributed by atoms with van der Waals surface area (Å²) in [6.07, 6.45) is 5.64. The fraction of sp³-hybridized carbons (Fsp3) is 0.500. The average Bonchev–Trinajstić information content (AvgIpc) is 3.43. The predicted molar refractivity (Wildman–Crippen MR) is 101 cm³/mol. The third kappa shape index (κ3) is 2.40. The van der Waals surface area contributed by atoms with Crippen molar-refractivity contribution >= 4 is 23.4 Å². The van der Waals surface area contributed by atoms with Crippen LogP contribution in [0.5, 0.6) is 0 Å². The van der Waals surface area contributed by atoms with E-state index in [9.17, 15) is 14.4 Å². The van der Waals surface area contributed by atoms with Crippen molar-refractivity contribution in [2.45, 2.75) is 26.7 Å². The van der Waals surface area contributed by atoms with E-state index in [2.05, 4.69) is 17.5 Å². The van der Waals surface area contributed by atoms with Crippen molar-refractivity contribution in [1.82, 2.24) is 4.90 Å². The molecule has 0 spiro atoms. The monoisotopic (exact) mass is 364 g/mol. The second kappa shape index (κ2) is 5.78. The van der Waals surface area contributed by atoms with Gasteiger partial charge >= 0.3 is 0 Å². The van der Waals surface area contributed by atoms with Gasteiger partial charge in [0, 0.05) is 18.7 Å². The standard InChI is InChI=1S/C22H24N2O3/c1-11-4-3-5-17(12(11)2)23-18(25)8-9-24-21(26)19-13-6-7-14(16-10-15(13)16)20(19)22(24)27/h3-7,13-16,19-20H,8-10H2,1-2H3,(H,23,25)/t13-,14-,15-,16+,19-,20+/m0/s1. The highest BCUT2D eigenvalue weighted by Crippen LogP contribution is 2.65. The molecule has 5 aliphatic rings. The van der Waals surface area contributed by atoms with E-state index in [1.165, 1.54) is 4.90 Å². The smallest absolute Gasteiger partial charge is 0.233 e. The Morgan fingerprint density at radius 3 is 2.33 bits per heavy atom.